The van der Waals surface area contributed by atoms with Crippen LogP contribution in [0, 0.1) is 6.92 Å². The second kappa shape index (κ2) is 3.64. The normalized spacial score (nSPS) is 29.8. The molecule has 4 nitrogen and oxygen atoms in total. The van der Waals surface area contributed by atoms with Gasteiger partial charge in [-0.15, -0.1) is 0 Å². The van der Waals surface area contributed by atoms with Crippen molar-refractivity contribution in [3.05, 3.63) is 23.8 Å². The average molecular weight is 220 g/mol. The van der Waals surface area contributed by atoms with Crippen molar-refractivity contribution >= 4 is 11.4 Å². The standard InChI is InChI=1S/C12H20N4/c1-8-7-9(3-4-10(8)13)16-11(14)5-6-12(16,2)15/h3-4,7,11H,5-6,13-15H2,1-2H3. The topological polar surface area (TPSA) is 81.3 Å². The van der Waals surface area contributed by atoms with E-state index in [2.05, 4.69) is 4.90 Å². The number of hydrogen-bond donors (Lipinski definition) is 3. The summed E-state index contributed by atoms with van der Waals surface area (Å²) in [6, 6.07) is 5.94. The highest BCUT2D eigenvalue weighted by Crippen LogP contribution is 2.34. The van der Waals surface area contributed by atoms with Crippen molar-refractivity contribution < 1.29 is 0 Å². The average Bonchev–Trinajstić information content (AvgIpc) is 2.46. The molecule has 2 unspecified atom stereocenters. The molecule has 1 aliphatic rings. The van der Waals surface area contributed by atoms with E-state index in [1.54, 1.807) is 0 Å². The Bertz CT molecular complexity index is 400. The summed E-state index contributed by atoms with van der Waals surface area (Å²) in [6.45, 7) is 4.01. The Balaban J connectivity index is 2.39. The van der Waals surface area contributed by atoms with Crippen LogP contribution in [0.4, 0.5) is 11.4 Å². The highest BCUT2D eigenvalue weighted by atomic mass is 15.4. The summed E-state index contributed by atoms with van der Waals surface area (Å²) in [5, 5.41) is 0. The number of anilines is 2. The smallest absolute Gasteiger partial charge is 0.0871 e. The Morgan fingerprint density at radius 1 is 1.44 bits per heavy atom. The van der Waals surface area contributed by atoms with Gasteiger partial charge in [0.05, 0.1) is 11.8 Å². The first-order chi connectivity index (χ1) is 7.42. The Hall–Kier alpha value is -1.26. The van der Waals surface area contributed by atoms with Gasteiger partial charge >= 0.3 is 0 Å². The molecule has 0 saturated carbocycles. The van der Waals surface area contributed by atoms with E-state index in [9.17, 15) is 0 Å². The zero-order valence-corrected chi connectivity index (χ0v) is 9.90. The molecule has 0 radical (unpaired) electrons. The fourth-order valence-electron chi connectivity index (χ4n) is 2.36. The van der Waals surface area contributed by atoms with E-state index in [1.165, 1.54) is 0 Å². The maximum Gasteiger partial charge on any atom is 0.0871 e. The van der Waals surface area contributed by atoms with Crippen LogP contribution in [0.15, 0.2) is 18.2 Å². The summed E-state index contributed by atoms with van der Waals surface area (Å²) in [5.74, 6) is 0. The molecule has 1 saturated heterocycles. The monoisotopic (exact) mass is 220 g/mol. The van der Waals surface area contributed by atoms with Gasteiger partial charge in [0.25, 0.3) is 0 Å². The second-order valence-electron chi connectivity index (χ2n) is 4.87. The van der Waals surface area contributed by atoms with Crippen molar-refractivity contribution in [1.82, 2.24) is 0 Å². The van der Waals surface area contributed by atoms with Gasteiger partial charge in [-0.2, -0.15) is 0 Å². The number of hydrogen-bond acceptors (Lipinski definition) is 4. The Morgan fingerprint density at radius 2 is 2.12 bits per heavy atom. The lowest BCUT2D eigenvalue weighted by Gasteiger charge is -2.36. The maximum atomic E-state index is 6.25. The van der Waals surface area contributed by atoms with Gasteiger partial charge in [-0.3, -0.25) is 0 Å². The predicted octanol–water partition coefficient (Wildman–Crippen LogP) is 1.14. The van der Waals surface area contributed by atoms with E-state index in [0.29, 0.717) is 0 Å². The number of nitrogens with zero attached hydrogens (tertiary/aromatic N) is 1. The number of benzene rings is 1. The molecule has 1 aliphatic heterocycles. The summed E-state index contributed by atoms with van der Waals surface area (Å²) in [4.78, 5) is 2.08. The molecule has 1 fully saturated rings. The van der Waals surface area contributed by atoms with Crippen LogP contribution in [-0.4, -0.2) is 11.8 Å². The third-order valence-corrected chi connectivity index (χ3v) is 3.36. The van der Waals surface area contributed by atoms with Crippen molar-refractivity contribution in [1.29, 1.82) is 0 Å². The maximum absolute atomic E-state index is 6.25. The van der Waals surface area contributed by atoms with Crippen molar-refractivity contribution in [2.24, 2.45) is 11.5 Å². The van der Waals surface area contributed by atoms with Gasteiger partial charge in [0.1, 0.15) is 0 Å². The van der Waals surface area contributed by atoms with Crippen LogP contribution < -0.4 is 22.1 Å². The zero-order chi connectivity index (χ0) is 11.9. The summed E-state index contributed by atoms with van der Waals surface area (Å²) < 4.78 is 0. The van der Waals surface area contributed by atoms with Gasteiger partial charge in [-0.1, -0.05) is 0 Å². The molecule has 2 rings (SSSR count). The molecule has 0 bridgehead atoms. The molecule has 88 valence electrons. The zero-order valence-electron chi connectivity index (χ0n) is 9.90. The first kappa shape index (κ1) is 11.2. The van der Waals surface area contributed by atoms with E-state index in [1.807, 2.05) is 32.0 Å². The van der Waals surface area contributed by atoms with Gasteiger partial charge < -0.3 is 22.1 Å². The minimum absolute atomic E-state index is 0.00183. The summed E-state index contributed by atoms with van der Waals surface area (Å²) in [6.07, 6.45) is 1.84. The number of aryl methyl sites for hydroxylation is 1. The molecule has 0 aliphatic carbocycles. The lowest BCUT2D eigenvalue weighted by atomic mass is 10.1. The van der Waals surface area contributed by atoms with Crippen LogP contribution in [0.2, 0.25) is 0 Å². The fraction of sp³-hybridized carbons (Fsp3) is 0.500. The van der Waals surface area contributed by atoms with Gasteiger partial charge in [0.2, 0.25) is 0 Å². The third kappa shape index (κ3) is 1.74. The summed E-state index contributed by atoms with van der Waals surface area (Å²) in [7, 11) is 0. The quantitative estimate of drug-likeness (QED) is 0.620. The van der Waals surface area contributed by atoms with E-state index < -0.39 is 0 Å². The van der Waals surface area contributed by atoms with Crippen molar-refractivity contribution in [3.8, 4) is 0 Å². The Labute approximate surface area is 96.4 Å². The van der Waals surface area contributed by atoms with Crippen LogP contribution in [0.1, 0.15) is 25.3 Å². The molecular weight excluding hydrogens is 200 g/mol. The summed E-state index contributed by atoms with van der Waals surface area (Å²) in [5.41, 5.74) is 20.7. The van der Waals surface area contributed by atoms with Crippen LogP contribution in [0.25, 0.3) is 0 Å². The lowest BCUT2D eigenvalue weighted by Crippen LogP contribution is -2.54. The van der Waals surface area contributed by atoms with Gasteiger partial charge in [0, 0.05) is 11.4 Å². The van der Waals surface area contributed by atoms with Crippen LogP contribution in [0.5, 0.6) is 0 Å². The Morgan fingerprint density at radius 3 is 2.62 bits per heavy atom. The van der Waals surface area contributed by atoms with Gasteiger partial charge in [0.15, 0.2) is 0 Å². The van der Waals surface area contributed by atoms with Crippen molar-refractivity contribution in [2.45, 2.75) is 38.5 Å². The van der Waals surface area contributed by atoms with Crippen molar-refractivity contribution in [3.63, 3.8) is 0 Å². The third-order valence-electron chi connectivity index (χ3n) is 3.36. The van der Waals surface area contributed by atoms with Crippen LogP contribution in [-0.2, 0) is 0 Å². The molecule has 4 heteroatoms. The van der Waals surface area contributed by atoms with Crippen LogP contribution >= 0.6 is 0 Å². The first-order valence-corrected chi connectivity index (χ1v) is 5.62. The van der Waals surface area contributed by atoms with E-state index in [-0.39, 0.29) is 11.8 Å². The molecule has 1 aromatic carbocycles. The molecule has 1 heterocycles. The van der Waals surface area contributed by atoms with E-state index in [0.717, 1.165) is 29.8 Å². The largest absolute Gasteiger partial charge is 0.399 e. The van der Waals surface area contributed by atoms with Gasteiger partial charge in [-0.25, -0.2) is 0 Å². The van der Waals surface area contributed by atoms with Gasteiger partial charge in [-0.05, 0) is 50.5 Å². The number of rotatable bonds is 1. The van der Waals surface area contributed by atoms with E-state index in [4.69, 9.17) is 17.2 Å². The molecule has 0 spiro atoms. The highest BCUT2D eigenvalue weighted by Gasteiger charge is 2.38. The lowest BCUT2D eigenvalue weighted by molar-refractivity contribution is 0.477. The summed E-state index contributed by atoms with van der Waals surface area (Å²) >= 11 is 0. The van der Waals surface area contributed by atoms with E-state index >= 15 is 0 Å². The Kier molecular flexibility index (Phi) is 2.56. The molecule has 0 amide bonds. The predicted molar refractivity (Wildman–Crippen MR) is 67.9 cm³/mol. The minimum atomic E-state index is -0.359. The molecular formula is C12H20N4. The van der Waals surface area contributed by atoms with Crippen molar-refractivity contribution in [2.75, 3.05) is 10.6 Å². The molecule has 0 aromatic heterocycles. The number of nitrogen functional groups attached to an aromatic ring is 1. The van der Waals surface area contributed by atoms with Crippen LogP contribution in [0.3, 0.4) is 0 Å². The molecule has 16 heavy (non-hydrogen) atoms. The first-order valence-electron chi connectivity index (χ1n) is 5.62. The SMILES string of the molecule is Cc1cc(N2C(N)CCC2(C)N)ccc1N. The fourth-order valence-corrected chi connectivity index (χ4v) is 2.36. The molecule has 6 N–H and O–H groups in total. The minimum Gasteiger partial charge on any atom is -0.399 e. The molecule has 2 atom stereocenters. The number of nitrogens with two attached hydrogens (primary N) is 3. The highest BCUT2D eigenvalue weighted by molar-refractivity contribution is 5.60. The molecule has 1 aromatic rings. The second-order valence-corrected chi connectivity index (χ2v) is 4.87.